The third kappa shape index (κ3) is 4.22. The normalized spacial score (nSPS) is 13.6. The zero-order chi connectivity index (χ0) is 16.2. The van der Waals surface area contributed by atoms with E-state index in [1.165, 1.54) is 18.2 Å². The third-order valence-electron chi connectivity index (χ3n) is 3.65. The van der Waals surface area contributed by atoms with Gasteiger partial charge in [-0.25, -0.2) is 9.18 Å². The summed E-state index contributed by atoms with van der Waals surface area (Å²) in [7, 11) is 0. The van der Waals surface area contributed by atoms with Crippen LogP contribution in [0.15, 0.2) is 42.5 Å². The molecule has 4 nitrogen and oxygen atoms in total. The maximum absolute atomic E-state index is 13.1. The molecule has 2 aromatic rings. The van der Waals surface area contributed by atoms with Crippen molar-refractivity contribution in [3.05, 3.63) is 59.4 Å². The van der Waals surface area contributed by atoms with Crippen molar-refractivity contribution >= 4 is 5.97 Å². The molecule has 2 aromatic carbocycles. The SMILES string of the molecule is O=C(O)c1cc(OCc2cccc(F)c2)ccc1OCC1CC1. The van der Waals surface area contributed by atoms with Crippen LogP contribution >= 0.6 is 0 Å². The number of carbonyl (C=O) groups is 1. The molecule has 0 aliphatic heterocycles. The van der Waals surface area contributed by atoms with Crippen LogP contribution in [0, 0.1) is 11.7 Å². The van der Waals surface area contributed by atoms with Gasteiger partial charge in [-0.1, -0.05) is 12.1 Å². The highest BCUT2D eigenvalue weighted by Gasteiger charge is 2.23. The van der Waals surface area contributed by atoms with E-state index in [0.29, 0.717) is 29.6 Å². The van der Waals surface area contributed by atoms with Crippen LogP contribution < -0.4 is 9.47 Å². The van der Waals surface area contributed by atoms with Crippen LogP contribution in [0.5, 0.6) is 11.5 Å². The molecule has 0 saturated heterocycles. The van der Waals surface area contributed by atoms with Gasteiger partial charge in [-0.15, -0.1) is 0 Å². The van der Waals surface area contributed by atoms with Crippen molar-refractivity contribution in [1.29, 1.82) is 0 Å². The summed E-state index contributed by atoms with van der Waals surface area (Å²) >= 11 is 0. The van der Waals surface area contributed by atoms with Gasteiger partial charge in [0.1, 0.15) is 29.5 Å². The van der Waals surface area contributed by atoms with Gasteiger partial charge in [-0.3, -0.25) is 0 Å². The Balaban J connectivity index is 1.69. The van der Waals surface area contributed by atoms with Gasteiger partial charge < -0.3 is 14.6 Å². The zero-order valence-corrected chi connectivity index (χ0v) is 12.5. The van der Waals surface area contributed by atoms with Crippen molar-refractivity contribution in [2.24, 2.45) is 5.92 Å². The van der Waals surface area contributed by atoms with Crippen LogP contribution in [-0.2, 0) is 6.61 Å². The number of hydrogen-bond donors (Lipinski definition) is 1. The van der Waals surface area contributed by atoms with Crippen molar-refractivity contribution < 1.29 is 23.8 Å². The summed E-state index contributed by atoms with van der Waals surface area (Å²) in [5.74, 6) is -0.0957. The average molecular weight is 316 g/mol. The van der Waals surface area contributed by atoms with Crippen LogP contribution in [0.4, 0.5) is 4.39 Å². The summed E-state index contributed by atoms with van der Waals surface area (Å²) in [5.41, 5.74) is 0.748. The van der Waals surface area contributed by atoms with E-state index in [4.69, 9.17) is 9.47 Å². The van der Waals surface area contributed by atoms with E-state index in [2.05, 4.69) is 0 Å². The van der Waals surface area contributed by atoms with Gasteiger partial charge in [-0.05, 0) is 54.7 Å². The highest BCUT2D eigenvalue weighted by atomic mass is 19.1. The van der Waals surface area contributed by atoms with Crippen molar-refractivity contribution in [1.82, 2.24) is 0 Å². The van der Waals surface area contributed by atoms with E-state index in [-0.39, 0.29) is 18.0 Å². The number of carboxylic acids is 1. The van der Waals surface area contributed by atoms with E-state index in [9.17, 15) is 14.3 Å². The molecule has 0 heterocycles. The molecule has 120 valence electrons. The van der Waals surface area contributed by atoms with Crippen LogP contribution in [0.1, 0.15) is 28.8 Å². The first-order chi connectivity index (χ1) is 11.1. The molecule has 1 aliphatic carbocycles. The van der Waals surface area contributed by atoms with Crippen LogP contribution in [0.2, 0.25) is 0 Å². The molecule has 5 heteroatoms. The van der Waals surface area contributed by atoms with Gasteiger partial charge >= 0.3 is 5.97 Å². The van der Waals surface area contributed by atoms with Crippen LogP contribution in [0.3, 0.4) is 0 Å². The fourth-order valence-electron chi connectivity index (χ4n) is 2.18. The van der Waals surface area contributed by atoms with Gasteiger partial charge in [-0.2, -0.15) is 0 Å². The Bertz CT molecular complexity index is 710. The molecule has 0 atom stereocenters. The second kappa shape index (κ2) is 6.69. The van der Waals surface area contributed by atoms with E-state index < -0.39 is 5.97 Å². The lowest BCUT2D eigenvalue weighted by molar-refractivity contribution is 0.0691. The summed E-state index contributed by atoms with van der Waals surface area (Å²) in [4.78, 5) is 11.4. The fourth-order valence-corrected chi connectivity index (χ4v) is 2.18. The highest BCUT2D eigenvalue weighted by Crippen LogP contribution is 2.31. The molecule has 0 spiro atoms. The Morgan fingerprint density at radius 3 is 2.70 bits per heavy atom. The largest absolute Gasteiger partial charge is 0.492 e. The number of carboxylic acid groups (broad SMARTS) is 1. The first-order valence-electron chi connectivity index (χ1n) is 7.49. The number of aromatic carboxylic acids is 1. The van der Waals surface area contributed by atoms with E-state index in [1.807, 2.05) is 0 Å². The van der Waals surface area contributed by atoms with Crippen molar-refractivity contribution in [2.75, 3.05) is 6.61 Å². The molecule has 0 bridgehead atoms. The summed E-state index contributed by atoms with van der Waals surface area (Å²) in [6.45, 7) is 0.711. The van der Waals surface area contributed by atoms with Crippen molar-refractivity contribution in [2.45, 2.75) is 19.4 Å². The second-order valence-corrected chi connectivity index (χ2v) is 5.64. The standard InChI is InChI=1S/C18H17FO4/c19-14-3-1-2-13(8-14)11-22-15-6-7-17(16(9-15)18(20)21)23-10-12-4-5-12/h1-3,6-9,12H,4-5,10-11H2,(H,20,21). The van der Waals surface area contributed by atoms with Crippen LogP contribution in [-0.4, -0.2) is 17.7 Å². The first kappa shape index (κ1) is 15.3. The molecule has 1 aliphatic rings. The summed E-state index contributed by atoms with van der Waals surface area (Å²) in [6.07, 6.45) is 2.27. The molecule has 1 N–H and O–H groups in total. The topological polar surface area (TPSA) is 55.8 Å². The molecule has 1 saturated carbocycles. The minimum Gasteiger partial charge on any atom is -0.492 e. The molecule has 0 aromatic heterocycles. The predicted molar refractivity (Wildman–Crippen MR) is 82.4 cm³/mol. The van der Waals surface area contributed by atoms with Gasteiger partial charge in [0.25, 0.3) is 0 Å². The molecular weight excluding hydrogens is 299 g/mol. The Kier molecular flexibility index (Phi) is 4.46. The van der Waals surface area contributed by atoms with Gasteiger partial charge in [0.15, 0.2) is 0 Å². The number of hydrogen-bond acceptors (Lipinski definition) is 3. The molecule has 23 heavy (non-hydrogen) atoms. The summed E-state index contributed by atoms with van der Waals surface area (Å²) in [5, 5.41) is 9.31. The van der Waals surface area contributed by atoms with Crippen molar-refractivity contribution in [3.8, 4) is 11.5 Å². The Hall–Kier alpha value is -2.56. The Morgan fingerprint density at radius 2 is 2.00 bits per heavy atom. The fraction of sp³-hybridized carbons (Fsp3) is 0.278. The van der Waals surface area contributed by atoms with E-state index in [0.717, 1.165) is 12.8 Å². The molecule has 1 fully saturated rings. The molecule has 0 radical (unpaired) electrons. The van der Waals surface area contributed by atoms with Gasteiger partial charge in [0, 0.05) is 0 Å². The number of ether oxygens (including phenoxy) is 2. The maximum atomic E-state index is 13.1. The van der Waals surface area contributed by atoms with Gasteiger partial charge in [0.2, 0.25) is 0 Å². The lowest BCUT2D eigenvalue weighted by Gasteiger charge is -2.11. The van der Waals surface area contributed by atoms with Gasteiger partial charge in [0.05, 0.1) is 6.61 Å². The lowest BCUT2D eigenvalue weighted by atomic mass is 10.2. The Morgan fingerprint density at radius 1 is 1.17 bits per heavy atom. The second-order valence-electron chi connectivity index (χ2n) is 5.64. The molecule has 3 rings (SSSR count). The number of benzene rings is 2. The maximum Gasteiger partial charge on any atom is 0.339 e. The highest BCUT2D eigenvalue weighted by molar-refractivity contribution is 5.91. The molecule has 0 amide bonds. The minimum atomic E-state index is -1.06. The zero-order valence-electron chi connectivity index (χ0n) is 12.5. The average Bonchev–Trinajstić information content (AvgIpc) is 3.35. The predicted octanol–water partition coefficient (Wildman–Crippen LogP) is 3.89. The summed E-state index contributed by atoms with van der Waals surface area (Å²) in [6, 6.07) is 10.8. The third-order valence-corrected chi connectivity index (χ3v) is 3.65. The first-order valence-corrected chi connectivity index (χ1v) is 7.49. The minimum absolute atomic E-state index is 0.0717. The van der Waals surface area contributed by atoms with Crippen molar-refractivity contribution in [3.63, 3.8) is 0 Å². The van der Waals surface area contributed by atoms with Crippen LogP contribution in [0.25, 0.3) is 0 Å². The molecule has 0 unspecified atom stereocenters. The monoisotopic (exact) mass is 316 g/mol. The van der Waals surface area contributed by atoms with E-state index >= 15 is 0 Å². The smallest absolute Gasteiger partial charge is 0.339 e. The number of halogens is 1. The Labute approximate surface area is 133 Å². The lowest BCUT2D eigenvalue weighted by Crippen LogP contribution is -2.06. The quantitative estimate of drug-likeness (QED) is 0.842. The van der Waals surface area contributed by atoms with E-state index in [1.54, 1.807) is 24.3 Å². The number of rotatable bonds is 7. The summed E-state index contributed by atoms with van der Waals surface area (Å²) < 4.78 is 24.2. The molecular formula is C18H17FO4.